The standard InChI is InChI=1S/C27H31ClN2O4/c1-15(2)13-20(29-26(33)18-11-8-12-19(28)14-18)27(34)30-23(16(3)4)25(32)22-21(24(22)31)17-9-6-5-7-10-17/h5-12,14-16,20,23,25,32H,13H2,1-4H3,(H,29,33)(H,30,34)/t20-,23-,25-/m0/s1. The predicted octanol–water partition coefficient (Wildman–Crippen LogP) is 4.26. The van der Waals surface area contributed by atoms with Gasteiger partial charge in [-0.05, 0) is 42.0 Å². The highest BCUT2D eigenvalue weighted by atomic mass is 35.5. The van der Waals surface area contributed by atoms with E-state index in [0.717, 1.165) is 5.56 Å². The molecule has 0 saturated heterocycles. The SMILES string of the molecule is CC(C)C[C@H](NC(=O)c1cccc(Cl)c1)C(=O)N[C@@H](C(C)C)[C@@H](O)c1c(-c2ccccc2)c1=O. The summed E-state index contributed by atoms with van der Waals surface area (Å²) in [5.41, 5.74) is 1.75. The van der Waals surface area contributed by atoms with Crippen LogP contribution in [0.15, 0.2) is 59.4 Å². The quantitative estimate of drug-likeness (QED) is 0.402. The third-order valence-electron chi connectivity index (χ3n) is 5.82. The van der Waals surface area contributed by atoms with Crippen LogP contribution in [0.1, 0.15) is 56.1 Å². The molecule has 7 heteroatoms. The fourth-order valence-electron chi connectivity index (χ4n) is 3.99. The topological polar surface area (TPSA) is 95.5 Å². The lowest BCUT2D eigenvalue weighted by Crippen LogP contribution is -2.52. The molecule has 0 aliphatic rings. The van der Waals surface area contributed by atoms with Crippen molar-refractivity contribution in [2.24, 2.45) is 11.8 Å². The number of aliphatic hydroxyl groups excluding tert-OH is 1. The van der Waals surface area contributed by atoms with E-state index in [0.29, 0.717) is 28.1 Å². The van der Waals surface area contributed by atoms with Gasteiger partial charge in [-0.25, -0.2) is 0 Å². The predicted molar refractivity (Wildman–Crippen MR) is 134 cm³/mol. The van der Waals surface area contributed by atoms with Crippen molar-refractivity contribution in [2.45, 2.75) is 52.3 Å². The molecule has 2 amide bonds. The fourth-order valence-corrected chi connectivity index (χ4v) is 4.18. The highest BCUT2D eigenvalue weighted by Crippen LogP contribution is 2.33. The molecule has 180 valence electrons. The summed E-state index contributed by atoms with van der Waals surface area (Å²) < 4.78 is 0. The van der Waals surface area contributed by atoms with Gasteiger partial charge in [0.15, 0.2) is 5.43 Å². The molecule has 0 heterocycles. The Morgan fingerprint density at radius 1 is 0.971 bits per heavy atom. The number of hydrogen-bond donors (Lipinski definition) is 3. The minimum Gasteiger partial charge on any atom is -0.386 e. The first-order valence-electron chi connectivity index (χ1n) is 11.5. The molecule has 0 radical (unpaired) electrons. The fraction of sp³-hybridized carbons (Fsp3) is 0.370. The van der Waals surface area contributed by atoms with Crippen LogP contribution in [0, 0.1) is 11.8 Å². The number of aliphatic hydroxyl groups is 1. The zero-order valence-corrected chi connectivity index (χ0v) is 20.6. The van der Waals surface area contributed by atoms with Gasteiger partial charge in [0.1, 0.15) is 12.1 Å². The highest BCUT2D eigenvalue weighted by Gasteiger charge is 2.37. The average Bonchev–Trinajstić information content (AvgIpc) is 3.47. The van der Waals surface area contributed by atoms with Gasteiger partial charge in [-0.15, -0.1) is 0 Å². The maximum absolute atomic E-state index is 13.2. The number of carbonyl (C=O) groups excluding carboxylic acids is 2. The molecule has 0 aliphatic heterocycles. The van der Waals surface area contributed by atoms with Gasteiger partial charge >= 0.3 is 0 Å². The Kier molecular flexibility index (Phi) is 8.28. The van der Waals surface area contributed by atoms with Crippen molar-refractivity contribution < 1.29 is 14.7 Å². The molecule has 0 saturated carbocycles. The van der Waals surface area contributed by atoms with Gasteiger partial charge in [-0.2, -0.15) is 0 Å². The van der Waals surface area contributed by atoms with Crippen molar-refractivity contribution in [3.05, 3.63) is 81.0 Å². The molecule has 0 aromatic heterocycles. The normalized spacial score (nSPS) is 14.2. The molecular weight excluding hydrogens is 452 g/mol. The first kappa shape index (κ1) is 25.7. The maximum atomic E-state index is 13.2. The Labute approximate surface area is 205 Å². The average molecular weight is 483 g/mol. The monoisotopic (exact) mass is 482 g/mol. The summed E-state index contributed by atoms with van der Waals surface area (Å²) in [7, 11) is 0. The molecule has 0 aliphatic carbocycles. The van der Waals surface area contributed by atoms with Gasteiger partial charge in [0.2, 0.25) is 5.91 Å². The summed E-state index contributed by atoms with van der Waals surface area (Å²) in [5.74, 6) is -0.830. The van der Waals surface area contributed by atoms with Crippen LogP contribution in [0.5, 0.6) is 0 Å². The second kappa shape index (κ2) is 11.0. The first-order valence-corrected chi connectivity index (χ1v) is 11.9. The minimum atomic E-state index is -1.14. The highest BCUT2D eigenvalue weighted by molar-refractivity contribution is 6.31. The zero-order chi connectivity index (χ0) is 25.0. The van der Waals surface area contributed by atoms with Crippen LogP contribution in [0.25, 0.3) is 11.1 Å². The van der Waals surface area contributed by atoms with E-state index in [9.17, 15) is 19.5 Å². The molecular formula is C27H31ClN2O4. The summed E-state index contributed by atoms with van der Waals surface area (Å²) in [6.45, 7) is 7.65. The van der Waals surface area contributed by atoms with E-state index < -0.39 is 30.0 Å². The van der Waals surface area contributed by atoms with Crippen LogP contribution < -0.4 is 16.1 Å². The van der Waals surface area contributed by atoms with E-state index in [4.69, 9.17) is 11.6 Å². The molecule has 0 spiro atoms. The summed E-state index contributed by atoms with van der Waals surface area (Å²) in [4.78, 5) is 38.5. The van der Waals surface area contributed by atoms with Crippen LogP contribution >= 0.6 is 11.6 Å². The molecule has 6 nitrogen and oxygen atoms in total. The van der Waals surface area contributed by atoms with Gasteiger partial charge in [-0.3, -0.25) is 14.4 Å². The maximum Gasteiger partial charge on any atom is 0.251 e. The summed E-state index contributed by atoms with van der Waals surface area (Å²) in [6, 6.07) is 14.2. The van der Waals surface area contributed by atoms with E-state index >= 15 is 0 Å². The molecule has 3 atom stereocenters. The van der Waals surface area contributed by atoms with E-state index in [-0.39, 0.29) is 17.3 Å². The Bertz CT molecular complexity index is 1150. The third-order valence-corrected chi connectivity index (χ3v) is 6.05. The van der Waals surface area contributed by atoms with E-state index in [1.54, 1.807) is 18.2 Å². The smallest absolute Gasteiger partial charge is 0.251 e. The van der Waals surface area contributed by atoms with Gasteiger partial charge < -0.3 is 15.7 Å². The summed E-state index contributed by atoms with van der Waals surface area (Å²) >= 11 is 6.00. The second-order valence-corrected chi connectivity index (χ2v) is 9.81. The van der Waals surface area contributed by atoms with Crippen LogP contribution in [0.3, 0.4) is 0 Å². The van der Waals surface area contributed by atoms with Crippen molar-refractivity contribution in [1.29, 1.82) is 0 Å². The van der Waals surface area contributed by atoms with Crippen molar-refractivity contribution in [3.8, 4) is 11.1 Å². The number of amides is 2. The Morgan fingerprint density at radius 2 is 1.65 bits per heavy atom. The van der Waals surface area contributed by atoms with Gasteiger partial charge in [0.05, 0.1) is 6.04 Å². The third kappa shape index (κ3) is 6.13. The molecule has 0 fully saturated rings. The number of benzene rings is 2. The zero-order valence-electron chi connectivity index (χ0n) is 19.8. The van der Waals surface area contributed by atoms with E-state index in [1.807, 2.05) is 58.0 Å². The summed E-state index contributed by atoms with van der Waals surface area (Å²) in [6.07, 6.45) is -0.731. The Morgan fingerprint density at radius 3 is 2.24 bits per heavy atom. The Hall–Kier alpha value is -2.96. The minimum absolute atomic E-state index is 0.134. The number of rotatable bonds is 10. The van der Waals surface area contributed by atoms with Crippen LogP contribution in [-0.4, -0.2) is 29.0 Å². The van der Waals surface area contributed by atoms with Crippen molar-refractivity contribution in [3.63, 3.8) is 0 Å². The van der Waals surface area contributed by atoms with E-state index in [2.05, 4.69) is 10.6 Å². The number of hydrogen-bond acceptors (Lipinski definition) is 4. The summed E-state index contributed by atoms with van der Waals surface area (Å²) in [5, 5.41) is 17.1. The molecule has 3 aromatic rings. The van der Waals surface area contributed by atoms with Gasteiger partial charge in [-0.1, -0.05) is 75.7 Å². The lowest BCUT2D eigenvalue weighted by Gasteiger charge is -2.29. The van der Waals surface area contributed by atoms with Crippen molar-refractivity contribution >= 4 is 23.4 Å². The lowest BCUT2D eigenvalue weighted by molar-refractivity contribution is -0.125. The Balaban J connectivity index is 1.76. The number of halogens is 1. The molecule has 3 aromatic carbocycles. The lowest BCUT2D eigenvalue weighted by atomic mass is 9.94. The van der Waals surface area contributed by atoms with Crippen LogP contribution in [0.4, 0.5) is 0 Å². The first-order chi connectivity index (χ1) is 16.1. The number of nitrogens with one attached hydrogen (secondary N) is 2. The van der Waals surface area contributed by atoms with Crippen molar-refractivity contribution in [1.82, 2.24) is 10.6 Å². The van der Waals surface area contributed by atoms with Gasteiger partial charge in [0.25, 0.3) is 5.91 Å². The van der Waals surface area contributed by atoms with E-state index in [1.165, 1.54) is 6.07 Å². The molecule has 34 heavy (non-hydrogen) atoms. The molecule has 3 N–H and O–H groups in total. The van der Waals surface area contributed by atoms with Crippen LogP contribution in [-0.2, 0) is 4.79 Å². The van der Waals surface area contributed by atoms with Crippen molar-refractivity contribution in [2.75, 3.05) is 0 Å². The van der Waals surface area contributed by atoms with Gasteiger partial charge in [0, 0.05) is 21.7 Å². The molecule has 0 bridgehead atoms. The largest absolute Gasteiger partial charge is 0.386 e. The second-order valence-electron chi connectivity index (χ2n) is 9.37. The van der Waals surface area contributed by atoms with Crippen LogP contribution in [0.2, 0.25) is 5.02 Å². The number of carbonyl (C=O) groups is 2. The molecule has 3 rings (SSSR count). The molecule has 0 unspecified atom stereocenters.